The lowest BCUT2D eigenvalue weighted by atomic mass is 9.86. The van der Waals surface area contributed by atoms with Crippen LogP contribution in [0.15, 0.2) is 0 Å². The summed E-state index contributed by atoms with van der Waals surface area (Å²) < 4.78 is 7.38. The highest BCUT2D eigenvalue weighted by atomic mass is 16.2. The summed E-state index contributed by atoms with van der Waals surface area (Å²) >= 11 is 0. The first kappa shape index (κ1) is 14.3. The van der Waals surface area contributed by atoms with Crippen LogP contribution in [0.1, 0.15) is 41.4 Å². The fourth-order valence-corrected chi connectivity index (χ4v) is 2.53. The summed E-state index contributed by atoms with van der Waals surface area (Å²) in [5, 5.41) is 3.03. The molecule has 0 aromatic heterocycles. The monoisotopic (exact) mass is 270 g/mol. The molecule has 0 aliphatic carbocycles. The van der Waals surface area contributed by atoms with Crippen LogP contribution in [0.2, 0.25) is 0 Å². The van der Waals surface area contributed by atoms with Gasteiger partial charge in [0.2, 0.25) is 12.3 Å². The van der Waals surface area contributed by atoms with Crippen LogP contribution in [0, 0.1) is 0 Å². The molecule has 0 aromatic rings. The van der Waals surface area contributed by atoms with Crippen molar-refractivity contribution in [2.75, 3.05) is 20.6 Å². The summed E-state index contributed by atoms with van der Waals surface area (Å²) in [7, 11) is 3.72. The smallest absolute Gasteiger partial charge is 0.237 e. The average Bonchev–Trinajstić information content (AvgIpc) is 2.37. The van der Waals surface area contributed by atoms with Crippen molar-refractivity contribution in [3.8, 4) is 0 Å². The van der Waals surface area contributed by atoms with E-state index in [-0.39, 0.29) is 18.0 Å². The van der Waals surface area contributed by atoms with Crippen LogP contribution in [-0.4, -0.2) is 60.4 Å². The fraction of sp³-hybridized carbons (Fsp3) is 0.857. The van der Waals surface area contributed by atoms with Crippen molar-refractivity contribution >= 4 is 12.3 Å². The normalized spacial score (nSPS) is 22.9. The maximum absolute atomic E-state index is 12.2. The number of rotatable bonds is 4. The van der Waals surface area contributed by atoms with E-state index in [4.69, 9.17) is 1.37 Å². The number of nitrogens with zero attached hydrogens (tertiary/aromatic N) is 2. The zero-order chi connectivity index (χ0) is 15.5. The molecule has 1 heterocycles. The van der Waals surface area contributed by atoms with Crippen LogP contribution in [0.3, 0.4) is 0 Å². The van der Waals surface area contributed by atoms with Gasteiger partial charge in [-0.25, -0.2) is 0 Å². The Morgan fingerprint density at radius 2 is 2.16 bits per heavy atom. The van der Waals surface area contributed by atoms with Gasteiger partial charge < -0.3 is 10.2 Å². The lowest BCUT2D eigenvalue weighted by molar-refractivity contribution is -0.130. The minimum Gasteiger partial charge on any atom is -0.348 e. The van der Waals surface area contributed by atoms with Gasteiger partial charge in [-0.2, -0.15) is 0 Å². The van der Waals surface area contributed by atoms with Crippen molar-refractivity contribution in [3.63, 3.8) is 0 Å². The molecule has 19 heavy (non-hydrogen) atoms. The van der Waals surface area contributed by atoms with Gasteiger partial charge in [0.15, 0.2) is 0 Å². The topological polar surface area (TPSA) is 52.7 Å². The molecular formula is C14H27N3O2. The molecule has 0 spiro atoms. The SMILES string of the molecule is [2H]C(=O)N1CCCCC1C(C)(C)NC(=O)C(C)N(C)C. The Hall–Kier alpha value is -1.10. The molecule has 110 valence electrons. The van der Waals surface area contributed by atoms with Crippen molar-refractivity contribution in [1.29, 1.82) is 0 Å². The van der Waals surface area contributed by atoms with Crippen molar-refractivity contribution in [1.82, 2.24) is 15.1 Å². The van der Waals surface area contributed by atoms with Crippen molar-refractivity contribution in [3.05, 3.63) is 0 Å². The summed E-state index contributed by atoms with van der Waals surface area (Å²) in [6.45, 7) is 6.31. The Balaban J connectivity index is 2.80. The second-order valence-electron chi connectivity index (χ2n) is 6.15. The molecule has 1 aliphatic rings. The Kier molecular flexibility index (Phi) is 4.80. The van der Waals surface area contributed by atoms with E-state index in [1.807, 2.05) is 39.8 Å². The Labute approximate surface area is 117 Å². The van der Waals surface area contributed by atoms with E-state index >= 15 is 0 Å². The molecule has 1 rings (SSSR count). The molecule has 2 unspecified atom stereocenters. The number of likely N-dealkylation sites (N-methyl/N-ethyl adjacent to an activating group) is 1. The predicted molar refractivity (Wildman–Crippen MR) is 75.8 cm³/mol. The minimum atomic E-state index is -0.655. The van der Waals surface area contributed by atoms with Gasteiger partial charge in [0, 0.05) is 6.54 Å². The van der Waals surface area contributed by atoms with Crippen molar-refractivity contribution < 1.29 is 11.0 Å². The first-order chi connectivity index (χ1) is 9.16. The van der Waals surface area contributed by atoms with Crippen LogP contribution in [-0.2, 0) is 9.59 Å². The standard InChI is InChI=1S/C14H27N3O2/c1-11(16(4)5)13(19)15-14(2,3)12-8-6-7-9-17(12)10-18/h10-12H,6-9H2,1-5H3,(H,15,19)/i10D. The highest BCUT2D eigenvalue weighted by molar-refractivity contribution is 5.82. The first-order valence-electron chi connectivity index (χ1n) is 7.42. The Morgan fingerprint density at radius 3 is 2.68 bits per heavy atom. The maximum atomic E-state index is 12.2. The van der Waals surface area contributed by atoms with Gasteiger partial charge in [-0.05, 0) is 54.1 Å². The van der Waals surface area contributed by atoms with Crippen LogP contribution in [0.4, 0.5) is 0 Å². The molecule has 1 fully saturated rings. The number of amides is 2. The first-order valence-corrected chi connectivity index (χ1v) is 6.92. The Bertz CT molecular complexity index is 371. The van der Waals surface area contributed by atoms with Crippen molar-refractivity contribution in [2.24, 2.45) is 0 Å². The van der Waals surface area contributed by atoms with E-state index in [9.17, 15) is 9.59 Å². The van der Waals surface area contributed by atoms with E-state index in [0.717, 1.165) is 19.3 Å². The quantitative estimate of drug-likeness (QED) is 0.770. The molecule has 1 saturated heterocycles. The summed E-state index contributed by atoms with van der Waals surface area (Å²) in [4.78, 5) is 27.1. The summed E-state index contributed by atoms with van der Waals surface area (Å²) in [6, 6.07) is -0.336. The second kappa shape index (κ2) is 6.37. The van der Waals surface area contributed by atoms with Crippen LogP contribution >= 0.6 is 0 Å². The van der Waals surface area contributed by atoms with E-state index in [1.165, 1.54) is 0 Å². The molecule has 0 saturated carbocycles. The number of carbonyl (C=O) groups excluding carboxylic acids is 2. The number of hydrogen-bond acceptors (Lipinski definition) is 3. The van der Waals surface area contributed by atoms with Gasteiger partial charge in [-0.1, -0.05) is 0 Å². The minimum absolute atomic E-state index is 0.0528. The summed E-state index contributed by atoms with van der Waals surface area (Å²) in [5.41, 5.74) is -0.529. The number of piperidine rings is 1. The van der Waals surface area contributed by atoms with E-state index in [0.29, 0.717) is 6.54 Å². The molecule has 0 bridgehead atoms. The summed E-state index contributed by atoms with van der Waals surface area (Å²) in [5.74, 6) is -0.0528. The second-order valence-corrected chi connectivity index (χ2v) is 6.15. The predicted octanol–water partition coefficient (Wildman–Crippen LogP) is 0.842. The maximum Gasteiger partial charge on any atom is 0.237 e. The number of hydrogen-bond donors (Lipinski definition) is 1. The van der Waals surface area contributed by atoms with E-state index < -0.39 is 11.9 Å². The highest BCUT2D eigenvalue weighted by Crippen LogP contribution is 2.25. The number of carbonyl (C=O) groups is 2. The number of nitrogens with one attached hydrogen (secondary N) is 1. The third-order valence-electron chi connectivity index (χ3n) is 4.05. The van der Waals surface area contributed by atoms with Gasteiger partial charge in [0.05, 0.1) is 17.6 Å². The zero-order valence-corrected chi connectivity index (χ0v) is 12.7. The third kappa shape index (κ3) is 3.93. The van der Waals surface area contributed by atoms with Gasteiger partial charge in [0.25, 0.3) is 0 Å². The Morgan fingerprint density at radius 1 is 1.53 bits per heavy atom. The number of likely N-dealkylation sites (tertiary alicyclic amines) is 1. The van der Waals surface area contributed by atoms with Gasteiger partial charge in [-0.15, -0.1) is 0 Å². The van der Waals surface area contributed by atoms with Gasteiger partial charge in [-0.3, -0.25) is 14.5 Å². The molecule has 5 heteroatoms. The molecule has 1 aliphatic heterocycles. The fourth-order valence-electron chi connectivity index (χ4n) is 2.53. The molecular weight excluding hydrogens is 242 g/mol. The van der Waals surface area contributed by atoms with E-state index in [2.05, 4.69) is 5.32 Å². The third-order valence-corrected chi connectivity index (χ3v) is 4.05. The highest BCUT2D eigenvalue weighted by Gasteiger charge is 2.37. The molecule has 2 atom stereocenters. The van der Waals surface area contributed by atoms with Crippen LogP contribution in [0.25, 0.3) is 0 Å². The zero-order valence-electron chi connectivity index (χ0n) is 13.7. The van der Waals surface area contributed by atoms with Crippen LogP contribution in [0.5, 0.6) is 0 Å². The van der Waals surface area contributed by atoms with E-state index in [1.54, 1.807) is 4.90 Å². The molecule has 0 aromatic carbocycles. The van der Waals surface area contributed by atoms with Gasteiger partial charge >= 0.3 is 0 Å². The average molecular weight is 270 g/mol. The lowest BCUT2D eigenvalue weighted by Gasteiger charge is -2.44. The van der Waals surface area contributed by atoms with Gasteiger partial charge in [0.1, 0.15) is 1.37 Å². The van der Waals surface area contributed by atoms with Crippen molar-refractivity contribution in [2.45, 2.75) is 57.7 Å². The largest absolute Gasteiger partial charge is 0.348 e. The van der Waals surface area contributed by atoms with Crippen LogP contribution < -0.4 is 5.32 Å². The molecule has 2 amide bonds. The summed E-state index contributed by atoms with van der Waals surface area (Å²) in [6.07, 6.45) is 2.13. The molecule has 0 radical (unpaired) electrons. The lowest BCUT2D eigenvalue weighted by Crippen LogP contribution is -2.61. The molecule has 5 nitrogen and oxygen atoms in total. The molecule has 1 N–H and O–H groups in total.